The molecule has 3 atom stereocenters. The van der Waals surface area contributed by atoms with Crippen LogP contribution in [0.2, 0.25) is 0 Å². The highest BCUT2D eigenvalue weighted by atomic mass is 16.2. The van der Waals surface area contributed by atoms with E-state index in [0.717, 1.165) is 35.9 Å². The van der Waals surface area contributed by atoms with Gasteiger partial charge in [0.25, 0.3) is 11.8 Å². The first kappa shape index (κ1) is 20.7. The predicted octanol–water partition coefficient (Wildman–Crippen LogP) is 0.956. The van der Waals surface area contributed by atoms with Gasteiger partial charge in [-0.25, -0.2) is 0 Å². The van der Waals surface area contributed by atoms with Gasteiger partial charge in [0.1, 0.15) is 6.04 Å². The lowest BCUT2D eigenvalue weighted by atomic mass is 9.90. The van der Waals surface area contributed by atoms with Crippen LogP contribution in [0.1, 0.15) is 65.3 Å². The minimum absolute atomic E-state index is 0.120. The molecule has 4 amide bonds. The Kier molecular flexibility index (Phi) is 5.97. The molecule has 0 bridgehead atoms. The van der Waals surface area contributed by atoms with Crippen molar-refractivity contribution in [3.8, 4) is 0 Å². The zero-order valence-corrected chi connectivity index (χ0v) is 17.2. The SMILES string of the molecule is CC1CC(CCNCc2ccc3c(c2)C(=O)N(C2CCC(=O)NC2=O)C3=O)CCN1. The van der Waals surface area contributed by atoms with Crippen LogP contribution in [-0.4, -0.2) is 53.7 Å². The topological polar surface area (TPSA) is 108 Å². The molecule has 3 unspecified atom stereocenters. The largest absolute Gasteiger partial charge is 0.314 e. The number of piperidine rings is 2. The molecule has 2 saturated heterocycles. The van der Waals surface area contributed by atoms with Gasteiger partial charge >= 0.3 is 0 Å². The Labute approximate surface area is 175 Å². The highest BCUT2D eigenvalue weighted by Gasteiger charge is 2.44. The second kappa shape index (κ2) is 8.65. The second-order valence-electron chi connectivity index (χ2n) is 8.54. The smallest absolute Gasteiger partial charge is 0.262 e. The first-order valence-electron chi connectivity index (χ1n) is 10.7. The second-order valence-corrected chi connectivity index (χ2v) is 8.54. The van der Waals surface area contributed by atoms with Crippen molar-refractivity contribution in [2.45, 2.75) is 57.7 Å². The number of fused-ring (bicyclic) bond motifs is 1. The van der Waals surface area contributed by atoms with Crippen molar-refractivity contribution >= 4 is 23.6 Å². The van der Waals surface area contributed by atoms with Crippen LogP contribution >= 0.6 is 0 Å². The first-order chi connectivity index (χ1) is 14.4. The minimum atomic E-state index is -0.927. The number of hydrogen-bond acceptors (Lipinski definition) is 6. The molecule has 0 aromatic heterocycles. The zero-order valence-electron chi connectivity index (χ0n) is 17.2. The van der Waals surface area contributed by atoms with E-state index in [0.29, 0.717) is 23.7 Å². The van der Waals surface area contributed by atoms with E-state index in [-0.39, 0.29) is 18.7 Å². The van der Waals surface area contributed by atoms with E-state index in [2.05, 4.69) is 22.9 Å². The summed E-state index contributed by atoms with van der Waals surface area (Å²) in [5.74, 6) is -1.16. The average molecular weight is 412 g/mol. The molecule has 0 aliphatic carbocycles. The Balaban J connectivity index is 1.36. The summed E-state index contributed by atoms with van der Waals surface area (Å²) in [6.45, 7) is 4.83. The van der Waals surface area contributed by atoms with Gasteiger partial charge in [0.05, 0.1) is 11.1 Å². The number of amides is 4. The van der Waals surface area contributed by atoms with Crippen molar-refractivity contribution in [1.82, 2.24) is 20.9 Å². The fraction of sp³-hybridized carbons (Fsp3) is 0.545. The Morgan fingerprint density at radius 1 is 1.10 bits per heavy atom. The van der Waals surface area contributed by atoms with E-state index in [1.54, 1.807) is 12.1 Å². The molecule has 3 aliphatic rings. The van der Waals surface area contributed by atoms with Crippen LogP contribution in [0, 0.1) is 5.92 Å². The maximum atomic E-state index is 12.9. The number of carbonyl (C=O) groups excluding carboxylic acids is 4. The zero-order chi connectivity index (χ0) is 21.3. The molecule has 30 heavy (non-hydrogen) atoms. The van der Waals surface area contributed by atoms with Gasteiger partial charge in [-0.1, -0.05) is 6.07 Å². The van der Waals surface area contributed by atoms with Crippen molar-refractivity contribution < 1.29 is 19.2 Å². The Hall–Kier alpha value is -2.58. The highest BCUT2D eigenvalue weighted by Crippen LogP contribution is 2.28. The van der Waals surface area contributed by atoms with Crippen LogP contribution in [-0.2, 0) is 16.1 Å². The Bertz CT molecular complexity index is 884. The van der Waals surface area contributed by atoms with E-state index in [4.69, 9.17) is 0 Å². The van der Waals surface area contributed by atoms with Crippen molar-refractivity contribution in [3.05, 3.63) is 34.9 Å². The van der Waals surface area contributed by atoms with Crippen LogP contribution in [0.25, 0.3) is 0 Å². The van der Waals surface area contributed by atoms with E-state index >= 15 is 0 Å². The van der Waals surface area contributed by atoms with Gasteiger partial charge in [-0.05, 0) is 69.3 Å². The molecule has 3 aliphatic heterocycles. The summed E-state index contributed by atoms with van der Waals surface area (Å²) < 4.78 is 0. The molecule has 2 fully saturated rings. The third-order valence-electron chi connectivity index (χ3n) is 6.29. The van der Waals surface area contributed by atoms with Gasteiger partial charge < -0.3 is 10.6 Å². The molecule has 8 heteroatoms. The van der Waals surface area contributed by atoms with Gasteiger partial charge in [0, 0.05) is 19.0 Å². The number of hydrogen-bond donors (Lipinski definition) is 3. The molecular weight excluding hydrogens is 384 g/mol. The van der Waals surface area contributed by atoms with Gasteiger partial charge in [-0.15, -0.1) is 0 Å². The van der Waals surface area contributed by atoms with Gasteiger partial charge in [-0.3, -0.25) is 29.4 Å². The summed E-state index contributed by atoms with van der Waals surface area (Å²) in [5, 5.41) is 9.11. The molecule has 3 N–H and O–H groups in total. The van der Waals surface area contributed by atoms with E-state index in [1.165, 1.54) is 12.8 Å². The Morgan fingerprint density at radius 3 is 2.67 bits per heavy atom. The van der Waals surface area contributed by atoms with Crippen LogP contribution in [0.4, 0.5) is 0 Å². The fourth-order valence-corrected chi connectivity index (χ4v) is 4.66. The maximum Gasteiger partial charge on any atom is 0.262 e. The van der Waals surface area contributed by atoms with Gasteiger partial charge in [0.15, 0.2) is 0 Å². The van der Waals surface area contributed by atoms with E-state index in [9.17, 15) is 19.2 Å². The monoisotopic (exact) mass is 412 g/mol. The molecule has 160 valence electrons. The van der Waals surface area contributed by atoms with Crippen LogP contribution in [0.15, 0.2) is 18.2 Å². The summed E-state index contributed by atoms with van der Waals surface area (Å²) in [5.41, 5.74) is 1.58. The molecular formula is C22H28N4O4. The summed E-state index contributed by atoms with van der Waals surface area (Å²) in [7, 11) is 0. The standard InChI is InChI=1S/C22H28N4O4/c1-13-10-14(7-9-24-13)6-8-23-12-15-2-3-16-17(11-15)22(30)26(21(16)29)18-4-5-19(27)25-20(18)28/h2-3,11,13-14,18,23-24H,4-10,12H2,1H3,(H,25,27,28). The van der Waals surface area contributed by atoms with Crippen molar-refractivity contribution in [2.24, 2.45) is 5.92 Å². The summed E-state index contributed by atoms with van der Waals surface area (Å²) >= 11 is 0. The number of nitrogens with one attached hydrogen (secondary N) is 3. The number of imide groups is 2. The number of nitrogens with zero attached hydrogens (tertiary/aromatic N) is 1. The summed E-state index contributed by atoms with van der Waals surface area (Å²) in [6, 6.07) is 4.89. The lowest BCUT2D eigenvalue weighted by Crippen LogP contribution is -2.54. The fourth-order valence-electron chi connectivity index (χ4n) is 4.66. The average Bonchev–Trinajstić information content (AvgIpc) is 2.96. The third kappa shape index (κ3) is 4.15. The van der Waals surface area contributed by atoms with Crippen molar-refractivity contribution in [3.63, 3.8) is 0 Å². The maximum absolute atomic E-state index is 12.9. The van der Waals surface area contributed by atoms with Crippen LogP contribution in [0.3, 0.4) is 0 Å². The predicted molar refractivity (Wildman–Crippen MR) is 110 cm³/mol. The molecule has 8 nitrogen and oxygen atoms in total. The number of rotatable bonds is 6. The first-order valence-corrected chi connectivity index (χ1v) is 10.7. The van der Waals surface area contributed by atoms with E-state index < -0.39 is 23.8 Å². The molecule has 0 spiro atoms. The van der Waals surface area contributed by atoms with Crippen LogP contribution in [0.5, 0.6) is 0 Å². The lowest BCUT2D eigenvalue weighted by Gasteiger charge is -2.28. The normalized spacial score (nSPS) is 26.7. The van der Waals surface area contributed by atoms with Gasteiger partial charge in [0.2, 0.25) is 11.8 Å². The third-order valence-corrected chi connectivity index (χ3v) is 6.29. The molecule has 1 aromatic carbocycles. The quantitative estimate of drug-likeness (QED) is 0.474. The molecule has 0 saturated carbocycles. The summed E-state index contributed by atoms with van der Waals surface area (Å²) in [4.78, 5) is 50.1. The van der Waals surface area contributed by atoms with Crippen molar-refractivity contribution in [2.75, 3.05) is 13.1 Å². The minimum Gasteiger partial charge on any atom is -0.314 e. The number of benzene rings is 1. The summed E-state index contributed by atoms with van der Waals surface area (Å²) in [6.07, 6.45) is 3.82. The Morgan fingerprint density at radius 2 is 1.90 bits per heavy atom. The molecule has 4 rings (SSSR count). The highest BCUT2D eigenvalue weighted by molar-refractivity contribution is 6.23. The molecule has 3 heterocycles. The molecule has 0 radical (unpaired) electrons. The number of carbonyl (C=O) groups is 4. The lowest BCUT2D eigenvalue weighted by molar-refractivity contribution is -0.136. The van der Waals surface area contributed by atoms with Gasteiger partial charge in [-0.2, -0.15) is 0 Å². The van der Waals surface area contributed by atoms with Crippen molar-refractivity contribution in [1.29, 1.82) is 0 Å². The van der Waals surface area contributed by atoms with Crippen LogP contribution < -0.4 is 16.0 Å². The van der Waals surface area contributed by atoms with E-state index in [1.807, 2.05) is 6.07 Å². The molecule has 1 aromatic rings.